The number of benzene rings is 1. The second kappa shape index (κ2) is 7.27. The molecule has 0 fully saturated rings. The van der Waals surface area contributed by atoms with Crippen molar-refractivity contribution in [1.82, 2.24) is 15.0 Å². The van der Waals surface area contributed by atoms with Gasteiger partial charge in [0.1, 0.15) is 11.3 Å². The number of carbonyl (C=O) groups is 2. The first-order valence-corrected chi connectivity index (χ1v) is 7.68. The first-order chi connectivity index (χ1) is 12.1. The fraction of sp³-hybridized carbons (Fsp3) is 0.188. The summed E-state index contributed by atoms with van der Waals surface area (Å²) in [5.74, 6) is -0.312. The van der Waals surface area contributed by atoms with Crippen LogP contribution in [0.3, 0.4) is 0 Å². The Hall–Kier alpha value is -3.00. The van der Waals surface area contributed by atoms with E-state index in [9.17, 15) is 9.59 Å². The van der Waals surface area contributed by atoms with E-state index >= 15 is 0 Å². The van der Waals surface area contributed by atoms with Gasteiger partial charge in [-0.1, -0.05) is 17.7 Å². The Morgan fingerprint density at radius 1 is 1.32 bits per heavy atom. The second-order valence-corrected chi connectivity index (χ2v) is 5.43. The average molecular weight is 361 g/mol. The first kappa shape index (κ1) is 16.8. The Kier molecular flexibility index (Phi) is 4.90. The maximum atomic E-state index is 12.1. The lowest BCUT2D eigenvalue weighted by Gasteiger charge is -2.05. The van der Waals surface area contributed by atoms with Gasteiger partial charge in [0.15, 0.2) is 17.9 Å². The van der Waals surface area contributed by atoms with E-state index in [2.05, 4.69) is 25.0 Å². The molecule has 0 aliphatic heterocycles. The molecule has 0 bridgehead atoms. The van der Waals surface area contributed by atoms with Crippen LogP contribution < -0.4 is 5.32 Å². The molecule has 0 atom stereocenters. The van der Waals surface area contributed by atoms with Crippen LogP contribution in [-0.4, -0.2) is 33.9 Å². The SMILES string of the molecule is COC(=O)c1ncoc1CCC(=O)Nc1cnc2c(Cl)cccc2n1. The van der Waals surface area contributed by atoms with Crippen molar-refractivity contribution in [1.29, 1.82) is 0 Å². The van der Waals surface area contributed by atoms with Gasteiger partial charge in [-0.05, 0) is 12.1 Å². The summed E-state index contributed by atoms with van der Waals surface area (Å²) < 4.78 is 9.72. The number of fused-ring (bicyclic) bond motifs is 1. The number of oxazole rings is 1. The Bertz CT molecular complexity index is 941. The van der Waals surface area contributed by atoms with Gasteiger partial charge in [-0.3, -0.25) is 4.79 Å². The number of esters is 1. The number of para-hydroxylation sites is 1. The number of anilines is 1. The molecule has 0 spiro atoms. The Balaban J connectivity index is 1.65. The number of ether oxygens (including phenoxy) is 1. The number of hydrogen-bond donors (Lipinski definition) is 1. The third-order valence-corrected chi connectivity index (χ3v) is 3.69. The minimum atomic E-state index is -0.610. The summed E-state index contributed by atoms with van der Waals surface area (Å²) in [6.45, 7) is 0. The molecule has 0 unspecified atom stereocenters. The summed E-state index contributed by atoms with van der Waals surface area (Å²) in [6, 6.07) is 5.22. The van der Waals surface area contributed by atoms with E-state index in [0.717, 1.165) is 6.39 Å². The molecule has 9 heteroatoms. The number of aromatic nitrogens is 3. The van der Waals surface area contributed by atoms with Crippen LogP contribution in [0.4, 0.5) is 5.82 Å². The largest absolute Gasteiger partial charge is 0.464 e. The van der Waals surface area contributed by atoms with Gasteiger partial charge in [0.2, 0.25) is 5.91 Å². The van der Waals surface area contributed by atoms with Crippen molar-refractivity contribution in [2.24, 2.45) is 0 Å². The minimum absolute atomic E-state index is 0.0652. The van der Waals surface area contributed by atoms with Crippen molar-refractivity contribution in [3.8, 4) is 0 Å². The van der Waals surface area contributed by atoms with Gasteiger partial charge in [0, 0.05) is 12.8 Å². The molecule has 1 N–H and O–H groups in total. The third kappa shape index (κ3) is 3.74. The van der Waals surface area contributed by atoms with Gasteiger partial charge in [-0.15, -0.1) is 0 Å². The predicted molar refractivity (Wildman–Crippen MR) is 89.3 cm³/mol. The number of halogens is 1. The smallest absolute Gasteiger partial charge is 0.360 e. The van der Waals surface area contributed by atoms with Gasteiger partial charge in [0.25, 0.3) is 0 Å². The van der Waals surface area contributed by atoms with Gasteiger partial charge < -0.3 is 14.5 Å². The summed E-state index contributed by atoms with van der Waals surface area (Å²) in [4.78, 5) is 35.9. The number of nitrogens with one attached hydrogen (secondary N) is 1. The lowest BCUT2D eigenvalue weighted by atomic mass is 10.2. The molecule has 3 aromatic rings. The molecule has 3 rings (SSSR count). The van der Waals surface area contributed by atoms with Crippen molar-refractivity contribution in [3.05, 3.63) is 47.3 Å². The molecule has 2 heterocycles. The summed E-state index contributed by atoms with van der Waals surface area (Å²) in [6.07, 6.45) is 2.84. The molecule has 25 heavy (non-hydrogen) atoms. The van der Waals surface area contributed by atoms with Gasteiger partial charge >= 0.3 is 5.97 Å². The van der Waals surface area contributed by atoms with E-state index in [4.69, 9.17) is 16.0 Å². The van der Waals surface area contributed by atoms with Crippen LogP contribution >= 0.6 is 11.6 Å². The summed E-state index contributed by atoms with van der Waals surface area (Å²) in [7, 11) is 1.25. The number of amides is 1. The topological polar surface area (TPSA) is 107 Å². The number of rotatable bonds is 5. The molecule has 2 aromatic heterocycles. The van der Waals surface area contributed by atoms with E-state index in [1.807, 2.05) is 0 Å². The Morgan fingerprint density at radius 2 is 2.16 bits per heavy atom. The van der Waals surface area contributed by atoms with Crippen LogP contribution in [0.1, 0.15) is 22.7 Å². The van der Waals surface area contributed by atoms with E-state index in [1.54, 1.807) is 18.2 Å². The van der Waals surface area contributed by atoms with Crippen LogP contribution in [-0.2, 0) is 16.0 Å². The highest BCUT2D eigenvalue weighted by Gasteiger charge is 2.18. The van der Waals surface area contributed by atoms with Crippen LogP contribution in [0.25, 0.3) is 11.0 Å². The van der Waals surface area contributed by atoms with Crippen molar-refractivity contribution in [2.75, 3.05) is 12.4 Å². The Morgan fingerprint density at radius 3 is 2.96 bits per heavy atom. The van der Waals surface area contributed by atoms with Gasteiger partial charge in [-0.25, -0.2) is 19.7 Å². The highest BCUT2D eigenvalue weighted by molar-refractivity contribution is 6.34. The normalized spacial score (nSPS) is 10.6. The fourth-order valence-corrected chi connectivity index (χ4v) is 2.43. The summed E-state index contributed by atoms with van der Waals surface area (Å²) in [5.41, 5.74) is 1.20. The molecule has 0 aliphatic carbocycles. The molecule has 1 aromatic carbocycles. The van der Waals surface area contributed by atoms with Crippen LogP contribution in [0.2, 0.25) is 5.02 Å². The van der Waals surface area contributed by atoms with E-state index in [-0.39, 0.29) is 24.4 Å². The van der Waals surface area contributed by atoms with Crippen molar-refractivity contribution >= 4 is 40.3 Å². The van der Waals surface area contributed by atoms with Crippen molar-refractivity contribution in [3.63, 3.8) is 0 Å². The van der Waals surface area contributed by atoms with E-state index < -0.39 is 5.97 Å². The number of nitrogens with zero attached hydrogens (tertiary/aromatic N) is 3. The van der Waals surface area contributed by atoms with Crippen molar-refractivity contribution < 1.29 is 18.7 Å². The number of carbonyl (C=O) groups excluding carboxylic acids is 2. The lowest BCUT2D eigenvalue weighted by molar-refractivity contribution is -0.116. The maximum absolute atomic E-state index is 12.1. The lowest BCUT2D eigenvalue weighted by Crippen LogP contribution is -2.14. The fourth-order valence-electron chi connectivity index (χ4n) is 2.21. The molecule has 8 nitrogen and oxygen atoms in total. The van der Waals surface area contributed by atoms with Gasteiger partial charge in [-0.2, -0.15) is 0 Å². The highest BCUT2D eigenvalue weighted by atomic mass is 35.5. The Labute approximate surface area is 147 Å². The summed E-state index contributed by atoms with van der Waals surface area (Å²) >= 11 is 6.03. The predicted octanol–water partition coefficient (Wildman–Crippen LogP) is 2.63. The van der Waals surface area contributed by atoms with Crippen LogP contribution in [0.15, 0.2) is 35.2 Å². The van der Waals surface area contributed by atoms with E-state index in [0.29, 0.717) is 27.6 Å². The third-order valence-electron chi connectivity index (χ3n) is 3.39. The zero-order valence-corrected chi connectivity index (χ0v) is 13.9. The average Bonchev–Trinajstić information content (AvgIpc) is 3.08. The molecule has 0 saturated heterocycles. The molecule has 0 aliphatic rings. The second-order valence-electron chi connectivity index (χ2n) is 5.03. The molecule has 0 saturated carbocycles. The maximum Gasteiger partial charge on any atom is 0.360 e. The first-order valence-electron chi connectivity index (χ1n) is 7.30. The molecular weight excluding hydrogens is 348 g/mol. The summed E-state index contributed by atoms with van der Waals surface area (Å²) in [5, 5.41) is 3.13. The van der Waals surface area contributed by atoms with Crippen molar-refractivity contribution in [2.45, 2.75) is 12.8 Å². The van der Waals surface area contributed by atoms with Crippen LogP contribution in [0.5, 0.6) is 0 Å². The monoisotopic (exact) mass is 360 g/mol. The molecule has 1 amide bonds. The highest BCUT2D eigenvalue weighted by Crippen LogP contribution is 2.20. The minimum Gasteiger partial charge on any atom is -0.464 e. The standard InChI is InChI=1S/C16H13ClN4O4/c1-24-16(23)15-11(25-8-19-15)5-6-13(22)21-12-7-18-14-9(17)3-2-4-10(14)20-12/h2-4,7-8H,5-6H2,1H3,(H,20,21,22). The molecular formula is C16H13ClN4O4. The molecule has 0 radical (unpaired) electrons. The zero-order chi connectivity index (χ0) is 17.8. The number of aryl methyl sites for hydroxylation is 1. The van der Waals surface area contributed by atoms with E-state index in [1.165, 1.54) is 13.3 Å². The molecule has 128 valence electrons. The quantitative estimate of drug-likeness (QED) is 0.697. The van der Waals surface area contributed by atoms with Gasteiger partial charge in [0.05, 0.1) is 23.8 Å². The number of methoxy groups -OCH3 is 1. The van der Waals surface area contributed by atoms with Crippen LogP contribution in [0, 0.1) is 0 Å². The zero-order valence-electron chi connectivity index (χ0n) is 13.2. The number of hydrogen-bond acceptors (Lipinski definition) is 7.